The lowest BCUT2D eigenvalue weighted by Crippen LogP contribution is -2.18. The van der Waals surface area contributed by atoms with Gasteiger partial charge in [-0.15, -0.1) is 0 Å². The number of rotatable bonds is 6. The molecule has 1 aromatic carbocycles. The van der Waals surface area contributed by atoms with Crippen molar-refractivity contribution in [1.29, 1.82) is 0 Å². The molecule has 0 atom stereocenters. The summed E-state index contributed by atoms with van der Waals surface area (Å²) in [6, 6.07) is 5.03. The van der Waals surface area contributed by atoms with E-state index in [4.69, 9.17) is 10.8 Å². The van der Waals surface area contributed by atoms with Crippen molar-refractivity contribution in [3.8, 4) is 0 Å². The van der Waals surface area contributed by atoms with E-state index >= 15 is 0 Å². The number of carboxylic acids is 1. The van der Waals surface area contributed by atoms with E-state index in [0.717, 1.165) is 23.0 Å². The first-order valence-corrected chi connectivity index (χ1v) is 5.87. The van der Waals surface area contributed by atoms with Gasteiger partial charge in [0, 0.05) is 11.0 Å². The zero-order chi connectivity index (χ0) is 12.0. The molecule has 1 rings (SSSR count). The molecule has 0 aliphatic heterocycles. The fourth-order valence-corrected chi connectivity index (χ4v) is 1.79. The molecule has 4 N–H and O–H groups in total. The van der Waals surface area contributed by atoms with E-state index in [9.17, 15) is 4.79 Å². The van der Waals surface area contributed by atoms with Gasteiger partial charge in [0.25, 0.3) is 0 Å². The summed E-state index contributed by atoms with van der Waals surface area (Å²) in [7, 11) is 0. The number of nitrogens with two attached hydrogens (primary N) is 1. The molecule has 0 spiro atoms. The average Bonchev–Trinajstić information content (AvgIpc) is 2.26. The van der Waals surface area contributed by atoms with E-state index in [2.05, 4.69) is 21.2 Å². The molecule has 88 valence electrons. The van der Waals surface area contributed by atoms with Crippen molar-refractivity contribution in [2.75, 3.05) is 13.1 Å². The Labute approximate surface area is 103 Å². The summed E-state index contributed by atoms with van der Waals surface area (Å²) < 4.78 is 0.813. The van der Waals surface area contributed by atoms with Crippen LogP contribution in [0.3, 0.4) is 0 Å². The zero-order valence-corrected chi connectivity index (χ0v) is 10.5. The van der Waals surface area contributed by atoms with Gasteiger partial charge >= 0.3 is 5.97 Å². The molecule has 5 heteroatoms. The maximum Gasteiger partial charge on any atom is 0.335 e. The Bertz CT molecular complexity index is 369. The third-order valence-electron chi connectivity index (χ3n) is 2.17. The molecule has 0 aromatic heterocycles. The van der Waals surface area contributed by atoms with Gasteiger partial charge in [-0.25, -0.2) is 4.79 Å². The first kappa shape index (κ1) is 13.2. The highest BCUT2D eigenvalue weighted by atomic mass is 79.9. The zero-order valence-electron chi connectivity index (χ0n) is 8.87. The Morgan fingerprint density at radius 1 is 1.50 bits per heavy atom. The van der Waals surface area contributed by atoms with Gasteiger partial charge in [-0.1, -0.05) is 22.0 Å². The van der Waals surface area contributed by atoms with Crippen LogP contribution in [0, 0.1) is 0 Å². The number of nitrogens with one attached hydrogen (secondary N) is 1. The predicted octanol–water partition coefficient (Wildman–Crippen LogP) is 1.59. The quantitative estimate of drug-likeness (QED) is 0.694. The topological polar surface area (TPSA) is 75.3 Å². The van der Waals surface area contributed by atoms with Gasteiger partial charge in [0.2, 0.25) is 0 Å². The normalized spacial score (nSPS) is 10.4. The van der Waals surface area contributed by atoms with Gasteiger partial charge < -0.3 is 16.2 Å². The smallest absolute Gasteiger partial charge is 0.335 e. The summed E-state index contributed by atoms with van der Waals surface area (Å²) in [4.78, 5) is 10.7. The van der Waals surface area contributed by atoms with E-state index < -0.39 is 5.97 Å². The molecular formula is C11H15BrN2O2. The Kier molecular flexibility index (Phi) is 5.45. The third kappa shape index (κ3) is 3.92. The molecule has 0 unspecified atom stereocenters. The van der Waals surface area contributed by atoms with E-state index in [0.29, 0.717) is 13.1 Å². The molecule has 0 saturated carbocycles. The van der Waals surface area contributed by atoms with Crippen LogP contribution in [0.15, 0.2) is 22.7 Å². The minimum Gasteiger partial charge on any atom is -0.478 e. The minimum atomic E-state index is -0.914. The van der Waals surface area contributed by atoms with Crippen LogP contribution in [-0.2, 0) is 6.54 Å². The van der Waals surface area contributed by atoms with Gasteiger partial charge in [0.1, 0.15) is 0 Å². The van der Waals surface area contributed by atoms with Crippen molar-refractivity contribution in [3.63, 3.8) is 0 Å². The largest absolute Gasteiger partial charge is 0.478 e. The van der Waals surface area contributed by atoms with Crippen molar-refractivity contribution < 1.29 is 9.90 Å². The summed E-state index contributed by atoms with van der Waals surface area (Å²) in [5.41, 5.74) is 6.71. The number of aromatic carboxylic acids is 1. The lowest BCUT2D eigenvalue weighted by atomic mass is 10.1. The van der Waals surface area contributed by atoms with Crippen LogP contribution in [0.25, 0.3) is 0 Å². The van der Waals surface area contributed by atoms with Crippen molar-refractivity contribution in [3.05, 3.63) is 33.8 Å². The van der Waals surface area contributed by atoms with Gasteiger partial charge in [-0.05, 0) is 37.2 Å². The minimum absolute atomic E-state index is 0.289. The Hall–Kier alpha value is -0.910. The molecule has 0 amide bonds. The molecule has 0 aliphatic carbocycles. The van der Waals surface area contributed by atoms with E-state index in [-0.39, 0.29) is 5.56 Å². The molecule has 0 aliphatic rings. The number of hydrogen-bond acceptors (Lipinski definition) is 3. The van der Waals surface area contributed by atoms with Crippen molar-refractivity contribution in [2.24, 2.45) is 5.73 Å². The van der Waals surface area contributed by atoms with Crippen molar-refractivity contribution in [1.82, 2.24) is 5.32 Å². The number of carboxylic acid groups (broad SMARTS) is 1. The van der Waals surface area contributed by atoms with Crippen molar-refractivity contribution in [2.45, 2.75) is 13.0 Å². The molecule has 0 heterocycles. The van der Waals surface area contributed by atoms with Gasteiger partial charge in [-0.3, -0.25) is 0 Å². The van der Waals surface area contributed by atoms with Crippen LogP contribution in [0.2, 0.25) is 0 Å². The Morgan fingerprint density at radius 2 is 2.25 bits per heavy atom. The number of carbonyl (C=O) groups is 1. The molecule has 4 nitrogen and oxygen atoms in total. The fourth-order valence-electron chi connectivity index (χ4n) is 1.27. The van der Waals surface area contributed by atoms with Crippen LogP contribution in [-0.4, -0.2) is 24.2 Å². The molecule has 0 bridgehead atoms. The lowest BCUT2D eigenvalue weighted by molar-refractivity contribution is 0.0697. The molecule has 0 fully saturated rings. The predicted molar refractivity (Wildman–Crippen MR) is 66.5 cm³/mol. The first-order valence-electron chi connectivity index (χ1n) is 5.07. The van der Waals surface area contributed by atoms with E-state index in [1.54, 1.807) is 12.1 Å². The van der Waals surface area contributed by atoms with Gasteiger partial charge in [0.15, 0.2) is 0 Å². The highest BCUT2D eigenvalue weighted by Crippen LogP contribution is 2.18. The number of hydrogen-bond donors (Lipinski definition) is 3. The Balaban J connectivity index is 2.57. The van der Waals surface area contributed by atoms with E-state index in [1.165, 1.54) is 0 Å². The summed E-state index contributed by atoms with van der Waals surface area (Å²) >= 11 is 3.36. The van der Waals surface area contributed by atoms with Crippen LogP contribution in [0.4, 0.5) is 0 Å². The maximum atomic E-state index is 10.7. The van der Waals surface area contributed by atoms with E-state index in [1.807, 2.05) is 6.07 Å². The molecular weight excluding hydrogens is 272 g/mol. The molecule has 0 radical (unpaired) electrons. The standard InChI is InChI=1S/C11H15BrN2O2/c12-10-6-8(11(15)16)2-3-9(10)7-14-5-1-4-13/h2-3,6,14H,1,4-5,7,13H2,(H,15,16). The highest BCUT2D eigenvalue weighted by molar-refractivity contribution is 9.10. The summed E-state index contributed by atoms with van der Waals surface area (Å²) in [6.45, 7) is 2.25. The average molecular weight is 287 g/mol. The van der Waals surface area contributed by atoms with Crippen LogP contribution < -0.4 is 11.1 Å². The molecule has 16 heavy (non-hydrogen) atoms. The van der Waals surface area contributed by atoms with Gasteiger partial charge in [-0.2, -0.15) is 0 Å². The number of halogens is 1. The van der Waals surface area contributed by atoms with Crippen LogP contribution >= 0.6 is 15.9 Å². The Morgan fingerprint density at radius 3 is 2.81 bits per heavy atom. The molecule has 0 saturated heterocycles. The van der Waals surface area contributed by atoms with Crippen LogP contribution in [0.5, 0.6) is 0 Å². The second-order valence-electron chi connectivity index (χ2n) is 3.43. The summed E-state index contributed by atoms with van der Waals surface area (Å²) in [6.07, 6.45) is 0.935. The summed E-state index contributed by atoms with van der Waals surface area (Å²) in [5, 5.41) is 12.0. The third-order valence-corrected chi connectivity index (χ3v) is 2.91. The lowest BCUT2D eigenvalue weighted by Gasteiger charge is -2.07. The summed E-state index contributed by atoms with van der Waals surface area (Å²) in [5.74, 6) is -0.914. The first-order chi connectivity index (χ1) is 7.65. The highest BCUT2D eigenvalue weighted by Gasteiger charge is 2.06. The SMILES string of the molecule is NCCCNCc1ccc(C(=O)O)cc1Br. The second kappa shape index (κ2) is 6.62. The second-order valence-corrected chi connectivity index (χ2v) is 4.28. The van der Waals surface area contributed by atoms with Gasteiger partial charge in [0.05, 0.1) is 5.56 Å². The fraction of sp³-hybridized carbons (Fsp3) is 0.364. The van der Waals surface area contributed by atoms with Crippen molar-refractivity contribution >= 4 is 21.9 Å². The van der Waals surface area contributed by atoms with Crippen LogP contribution in [0.1, 0.15) is 22.3 Å². The molecule has 1 aromatic rings. The number of benzene rings is 1. The maximum absolute atomic E-state index is 10.7. The monoisotopic (exact) mass is 286 g/mol.